The second-order valence-electron chi connectivity index (χ2n) is 3.77. The zero-order valence-corrected chi connectivity index (χ0v) is 9.72. The van der Waals surface area contributed by atoms with Crippen LogP contribution in [0.3, 0.4) is 0 Å². The van der Waals surface area contributed by atoms with Crippen molar-refractivity contribution >= 4 is 11.3 Å². The third-order valence-electron chi connectivity index (χ3n) is 2.43. The van der Waals surface area contributed by atoms with Crippen LogP contribution in [0.15, 0.2) is 17.5 Å². The fourth-order valence-corrected chi connectivity index (χ4v) is 2.30. The van der Waals surface area contributed by atoms with Crippen molar-refractivity contribution < 1.29 is 5.11 Å². The number of aliphatic hydroxyl groups is 1. The van der Waals surface area contributed by atoms with Gasteiger partial charge in [-0.25, -0.2) is 0 Å². The molecular weight excluding hydrogens is 192 g/mol. The molecule has 2 heteroatoms. The predicted molar refractivity (Wildman–Crippen MR) is 62.8 cm³/mol. The largest absolute Gasteiger partial charge is 0.393 e. The summed E-state index contributed by atoms with van der Waals surface area (Å²) in [5.41, 5.74) is 0. The first-order chi connectivity index (χ1) is 6.83. The minimum absolute atomic E-state index is 0.0742. The van der Waals surface area contributed by atoms with Gasteiger partial charge in [0.15, 0.2) is 0 Å². The molecule has 0 saturated carbocycles. The van der Waals surface area contributed by atoms with E-state index >= 15 is 0 Å². The molecule has 0 aliphatic heterocycles. The van der Waals surface area contributed by atoms with Crippen LogP contribution in [0.4, 0.5) is 0 Å². The topological polar surface area (TPSA) is 20.2 Å². The number of thiophene rings is 1. The average Bonchev–Trinajstić information content (AvgIpc) is 2.67. The second-order valence-corrected chi connectivity index (χ2v) is 4.80. The monoisotopic (exact) mass is 212 g/mol. The average molecular weight is 212 g/mol. The summed E-state index contributed by atoms with van der Waals surface area (Å²) in [6.45, 7) is 2.17. The number of unbranched alkanes of at least 4 members (excludes halogenated alkanes) is 1. The van der Waals surface area contributed by atoms with Crippen molar-refractivity contribution in [1.29, 1.82) is 0 Å². The van der Waals surface area contributed by atoms with Crippen LogP contribution in [0.5, 0.6) is 0 Å². The second kappa shape index (κ2) is 7.02. The van der Waals surface area contributed by atoms with Gasteiger partial charge >= 0.3 is 0 Å². The summed E-state index contributed by atoms with van der Waals surface area (Å²) in [7, 11) is 0. The minimum Gasteiger partial charge on any atom is -0.393 e. The Morgan fingerprint density at radius 3 is 2.79 bits per heavy atom. The van der Waals surface area contributed by atoms with Crippen LogP contribution in [-0.2, 0) is 6.42 Å². The molecule has 1 aromatic rings. The highest BCUT2D eigenvalue weighted by Crippen LogP contribution is 2.14. The molecule has 0 aliphatic carbocycles. The molecule has 14 heavy (non-hydrogen) atoms. The van der Waals surface area contributed by atoms with Gasteiger partial charge in [0, 0.05) is 4.88 Å². The number of aliphatic hydroxyl groups excluding tert-OH is 1. The number of hydrogen-bond donors (Lipinski definition) is 1. The quantitative estimate of drug-likeness (QED) is 0.732. The van der Waals surface area contributed by atoms with Gasteiger partial charge in [-0.15, -0.1) is 11.3 Å². The van der Waals surface area contributed by atoms with Crippen molar-refractivity contribution in [2.24, 2.45) is 0 Å². The number of aryl methyl sites for hydroxylation is 1. The molecular formula is C12H20OS. The van der Waals surface area contributed by atoms with Crippen molar-refractivity contribution in [3.05, 3.63) is 22.4 Å². The van der Waals surface area contributed by atoms with Crippen molar-refractivity contribution in [1.82, 2.24) is 0 Å². The van der Waals surface area contributed by atoms with E-state index in [1.807, 2.05) is 11.3 Å². The Kier molecular flexibility index (Phi) is 5.88. The van der Waals surface area contributed by atoms with Gasteiger partial charge in [0.25, 0.3) is 0 Å². The van der Waals surface area contributed by atoms with E-state index in [1.54, 1.807) is 0 Å². The Morgan fingerprint density at radius 2 is 2.14 bits per heavy atom. The molecule has 1 unspecified atom stereocenters. The summed E-state index contributed by atoms with van der Waals surface area (Å²) in [5, 5.41) is 11.7. The molecule has 1 heterocycles. The van der Waals surface area contributed by atoms with E-state index in [0.717, 1.165) is 32.1 Å². The number of rotatable bonds is 7. The molecule has 1 atom stereocenters. The van der Waals surface area contributed by atoms with Crippen LogP contribution in [0.25, 0.3) is 0 Å². The van der Waals surface area contributed by atoms with Gasteiger partial charge in [-0.3, -0.25) is 0 Å². The molecule has 0 spiro atoms. The molecule has 1 N–H and O–H groups in total. The molecule has 0 amide bonds. The Bertz CT molecular complexity index is 218. The van der Waals surface area contributed by atoms with Crippen LogP contribution >= 0.6 is 11.3 Å². The van der Waals surface area contributed by atoms with E-state index in [9.17, 15) is 5.11 Å². The van der Waals surface area contributed by atoms with Gasteiger partial charge in [-0.05, 0) is 37.1 Å². The normalized spacial score (nSPS) is 13.0. The van der Waals surface area contributed by atoms with Crippen molar-refractivity contribution in [3.63, 3.8) is 0 Å². The minimum atomic E-state index is -0.0742. The lowest BCUT2D eigenvalue weighted by molar-refractivity contribution is 0.149. The molecule has 0 fully saturated rings. The molecule has 0 aliphatic rings. The number of hydrogen-bond acceptors (Lipinski definition) is 2. The molecule has 1 rings (SSSR count). The van der Waals surface area contributed by atoms with Crippen LogP contribution < -0.4 is 0 Å². The van der Waals surface area contributed by atoms with E-state index in [-0.39, 0.29) is 6.10 Å². The van der Waals surface area contributed by atoms with E-state index in [4.69, 9.17) is 0 Å². The van der Waals surface area contributed by atoms with Crippen LogP contribution in [-0.4, -0.2) is 11.2 Å². The van der Waals surface area contributed by atoms with Crippen molar-refractivity contribution in [2.75, 3.05) is 0 Å². The molecule has 1 nitrogen and oxygen atoms in total. The Hall–Kier alpha value is -0.340. The highest BCUT2D eigenvalue weighted by molar-refractivity contribution is 7.09. The van der Waals surface area contributed by atoms with Crippen LogP contribution in [0, 0.1) is 0 Å². The standard InChI is InChI=1S/C12H20OS/c1-2-3-6-11(13)7-4-8-12-9-5-10-14-12/h5,9-11,13H,2-4,6-8H2,1H3. The lowest BCUT2D eigenvalue weighted by Crippen LogP contribution is -2.06. The molecule has 0 bridgehead atoms. The van der Waals surface area contributed by atoms with E-state index in [2.05, 4.69) is 24.4 Å². The first-order valence-electron chi connectivity index (χ1n) is 5.53. The van der Waals surface area contributed by atoms with E-state index in [1.165, 1.54) is 11.3 Å². The summed E-state index contributed by atoms with van der Waals surface area (Å²) < 4.78 is 0. The highest BCUT2D eigenvalue weighted by Gasteiger charge is 2.03. The fourth-order valence-electron chi connectivity index (χ4n) is 1.55. The van der Waals surface area contributed by atoms with Gasteiger partial charge in [-0.1, -0.05) is 25.8 Å². The molecule has 1 aromatic heterocycles. The third-order valence-corrected chi connectivity index (χ3v) is 3.37. The van der Waals surface area contributed by atoms with Gasteiger partial charge in [0.1, 0.15) is 0 Å². The highest BCUT2D eigenvalue weighted by atomic mass is 32.1. The Labute approximate surface area is 90.8 Å². The fraction of sp³-hybridized carbons (Fsp3) is 0.667. The summed E-state index contributed by atoms with van der Waals surface area (Å²) >= 11 is 1.81. The van der Waals surface area contributed by atoms with Crippen LogP contribution in [0.2, 0.25) is 0 Å². The summed E-state index contributed by atoms with van der Waals surface area (Å²) in [5.74, 6) is 0. The summed E-state index contributed by atoms with van der Waals surface area (Å²) in [4.78, 5) is 1.44. The van der Waals surface area contributed by atoms with E-state index in [0.29, 0.717) is 0 Å². The Morgan fingerprint density at radius 1 is 1.36 bits per heavy atom. The zero-order chi connectivity index (χ0) is 10.2. The molecule has 0 radical (unpaired) electrons. The maximum Gasteiger partial charge on any atom is 0.0540 e. The molecule has 80 valence electrons. The van der Waals surface area contributed by atoms with Crippen molar-refractivity contribution in [2.45, 2.75) is 51.6 Å². The maximum atomic E-state index is 9.61. The predicted octanol–water partition coefficient (Wildman–Crippen LogP) is 3.62. The molecule has 0 aromatic carbocycles. The van der Waals surface area contributed by atoms with Gasteiger partial charge in [-0.2, -0.15) is 0 Å². The first-order valence-corrected chi connectivity index (χ1v) is 6.41. The SMILES string of the molecule is CCCCC(O)CCCc1cccs1. The lowest BCUT2D eigenvalue weighted by atomic mass is 10.1. The van der Waals surface area contributed by atoms with Gasteiger partial charge < -0.3 is 5.11 Å². The van der Waals surface area contributed by atoms with Gasteiger partial charge in [0.05, 0.1) is 6.10 Å². The molecule has 0 saturated heterocycles. The smallest absolute Gasteiger partial charge is 0.0540 e. The van der Waals surface area contributed by atoms with Gasteiger partial charge in [0.2, 0.25) is 0 Å². The first kappa shape index (κ1) is 11.7. The Balaban J connectivity index is 2.03. The van der Waals surface area contributed by atoms with Crippen molar-refractivity contribution in [3.8, 4) is 0 Å². The maximum absolute atomic E-state index is 9.61. The van der Waals surface area contributed by atoms with Crippen LogP contribution in [0.1, 0.15) is 43.9 Å². The zero-order valence-electron chi connectivity index (χ0n) is 8.91. The van der Waals surface area contributed by atoms with E-state index < -0.39 is 0 Å². The summed E-state index contributed by atoms with van der Waals surface area (Å²) in [6.07, 6.45) is 6.43. The lowest BCUT2D eigenvalue weighted by Gasteiger charge is -2.08. The summed E-state index contributed by atoms with van der Waals surface area (Å²) in [6, 6.07) is 4.26. The third kappa shape index (κ3) is 4.77.